The van der Waals surface area contributed by atoms with Gasteiger partial charge >= 0.3 is 0 Å². The number of hydrogen-bond acceptors (Lipinski definition) is 6. The Morgan fingerprint density at radius 2 is 1.48 bits per heavy atom. The summed E-state index contributed by atoms with van der Waals surface area (Å²) >= 11 is 6.27. The summed E-state index contributed by atoms with van der Waals surface area (Å²) < 4.78 is 0.255. The van der Waals surface area contributed by atoms with Crippen LogP contribution < -0.4 is 4.90 Å². The van der Waals surface area contributed by atoms with Crippen LogP contribution >= 0.6 is 24.0 Å². The third-order valence-corrected chi connectivity index (χ3v) is 6.19. The number of anilines is 3. The second-order valence-corrected chi connectivity index (χ2v) is 8.66. The monoisotopic (exact) mass is 472 g/mol. The predicted molar refractivity (Wildman–Crippen MR) is 138 cm³/mol. The zero-order valence-corrected chi connectivity index (χ0v) is 19.1. The number of para-hydroxylation sites is 2. The summed E-state index contributed by atoms with van der Waals surface area (Å²) in [5.74, 6) is -0.604. The predicted octanol–water partition coefficient (Wildman–Crippen LogP) is 6.87. The maximum absolute atomic E-state index is 12.4. The van der Waals surface area contributed by atoms with Crippen LogP contribution in [0, 0.1) is 0 Å². The molecule has 1 amide bonds. The molecule has 1 aliphatic heterocycles. The Hall–Kier alpha value is -3.65. The average molecular weight is 473 g/mol. The fourth-order valence-electron chi connectivity index (χ4n) is 3.32. The number of carbonyl (C=O) groups excluding carboxylic acids is 1. The second kappa shape index (κ2) is 10.3. The van der Waals surface area contributed by atoms with Crippen LogP contribution in [0.5, 0.6) is 0 Å². The lowest BCUT2D eigenvalue weighted by Crippen LogP contribution is -2.27. The minimum absolute atomic E-state index is 0.221. The number of nitrogens with zero attached hydrogens (tertiary/aromatic N) is 2. The SMILES string of the molecule is C=C(OO)N1C(=O)/C(=C/C=C/c2ccc(N(c3ccccc3)c3ccccc3)cc2)SC1=S. The Morgan fingerprint density at radius 3 is 2.03 bits per heavy atom. The van der Waals surface area contributed by atoms with Crippen molar-refractivity contribution in [2.45, 2.75) is 0 Å². The first-order valence-electron chi connectivity index (χ1n) is 10.0. The summed E-state index contributed by atoms with van der Waals surface area (Å²) in [7, 11) is 0. The van der Waals surface area contributed by atoms with Crippen molar-refractivity contribution in [3.63, 3.8) is 0 Å². The van der Waals surface area contributed by atoms with E-state index in [1.54, 1.807) is 12.2 Å². The van der Waals surface area contributed by atoms with Gasteiger partial charge in [-0.15, -0.1) is 0 Å². The van der Waals surface area contributed by atoms with Gasteiger partial charge in [0.2, 0.25) is 5.88 Å². The first-order chi connectivity index (χ1) is 16.1. The van der Waals surface area contributed by atoms with E-state index in [4.69, 9.17) is 17.5 Å². The maximum atomic E-state index is 12.4. The van der Waals surface area contributed by atoms with Gasteiger partial charge in [0.25, 0.3) is 5.91 Å². The molecule has 5 nitrogen and oxygen atoms in total. The number of rotatable bonds is 7. The smallest absolute Gasteiger partial charge is 0.273 e. The van der Waals surface area contributed by atoms with E-state index in [0.29, 0.717) is 4.91 Å². The number of thioether (sulfide) groups is 1. The van der Waals surface area contributed by atoms with Crippen LogP contribution in [0.2, 0.25) is 0 Å². The molecule has 4 rings (SSSR count). The zero-order valence-electron chi connectivity index (χ0n) is 17.5. The van der Waals surface area contributed by atoms with Crippen molar-refractivity contribution < 1.29 is 14.9 Å². The van der Waals surface area contributed by atoms with Gasteiger partial charge in [-0.05, 0) is 54.6 Å². The molecule has 1 fully saturated rings. The summed E-state index contributed by atoms with van der Waals surface area (Å²) in [5, 5.41) is 8.75. The Morgan fingerprint density at radius 1 is 0.939 bits per heavy atom. The van der Waals surface area contributed by atoms with E-state index >= 15 is 0 Å². The molecule has 0 radical (unpaired) electrons. The molecule has 1 heterocycles. The molecule has 0 atom stereocenters. The van der Waals surface area contributed by atoms with Gasteiger partial charge in [0.05, 0.1) is 4.91 Å². The molecule has 0 bridgehead atoms. The lowest BCUT2D eigenvalue weighted by Gasteiger charge is -2.25. The number of benzene rings is 3. The Labute approximate surface area is 201 Å². The third kappa shape index (κ3) is 5.06. The highest BCUT2D eigenvalue weighted by Gasteiger charge is 2.34. The largest absolute Gasteiger partial charge is 0.322 e. The number of amides is 1. The third-order valence-electron chi connectivity index (χ3n) is 4.86. The Bertz CT molecular complexity index is 1180. The van der Waals surface area contributed by atoms with E-state index < -0.39 is 0 Å². The molecule has 1 saturated heterocycles. The van der Waals surface area contributed by atoms with E-state index in [1.165, 1.54) is 0 Å². The summed E-state index contributed by atoms with van der Waals surface area (Å²) in [6, 6.07) is 28.5. The second-order valence-electron chi connectivity index (χ2n) is 6.98. The molecule has 164 valence electrons. The van der Waals surface area contributed by atoms with E-state index in [2.05, 4.69) is 52.8 Å². The molecule has 33 heavy (non-hydrogen) atoms. The molecular formula is C26H20N2O3S2. The molecule has 0 aliphatic carbocycles. The number of hydrogen-bond donors (Lipinski definition) is 1. The molecule has 0 unspecified atom stereocenters. The van der Waals surface area contributed by atoms with Gasteiger partial charge in [0.1, 0.15) is 0 Å². The van der Waals surface area contributed by atoms with Crippen molar-refractivity contribution in [3.05, 3.63) is 120 Å². The standard InChI is InChI=1S/C26H20N2O3S2/c1-19(31-30)27-25(29)24(33-26(27)32)14-8-9-20-15-17-23(18-16-20)28(21-10-4-2-5-11-21)22-12-6-3-7-13-22/h2-18,30H,1H2/b9-8+,24-14-. The van der Waals surface area contributed by atoms with Gasteiger partial charge in [0.15, 0.2) is 4.32 Å². The first-order valence-corrected chi connectivity index (χ1v) is 11.3. The van der Waals surface area contributed by atoms with E-state index in [1.807, 2.05) is 54.6 Å². The summed E-state index contributed by atoms with van der Waals surface area (Å²) in [6.45, 7) is 3.47. The Kier molecular flexibility index (Phi) is 7.04. The summed E-state index contributed by atoms with van der Waals surface area (Å²) in [5.41, 5.74) is 4.16. The van der Waals surface area contributed by atoms with Crippen LogP contribution in [0.15, 0.2) is 114 Å². The topological polar surface area (TPSA) is 53.0 Å². The van der Waals surface area contributed by atoms with Crippen LogP contribution in [-0.2, 0) is 9.68 Å². The zero-order chi connectivity index (χ0) is 23.2. The van der Waals surface area contributed by atoms with Gasteiger partial charge in [-0.25, -0.2) is 10.2 Å². The quantitative estimate of drug-likeness (QED) is 0.133. The van der Waals surface area contributed by atoms with E-state index in [0.717, 1.165) is 39.3 Å². The van der Waals surface area contributed by atoms with Crippen molar-refractivity contribution in [1.29, 1.82) is 0 Å². The molecule has 1 N–H and O–H groups in total. The number of thiocarbonyl (C=S) groups is 1. The molecule has 0 spiro atoms. The summed E-state index contributed by atoms with van der Waals surface area (Å²) in [4.78, 5) is 20.1. The van der Waals surface area contributed by atoms with Crippen LogP contribution in [0.3, 0.4) is 0 Å². The number of carbonyl (C=O) groups is 1. The summed E-state index contributed by atoms with van der Waals surface area (Å²) in [6.07, 6.45) is 5.37. The normalized spacial score (nSPS) is 14.8. The Balaban J connectivity index is 1.54. The van der Waals surface area contributed by atoms with Crippen LogP contribution in [0.1, 0.15) is 5.56 Å². The van der Waals surface area contributed by atoms with Crippen LogP contribution in [-0.4, -0.2) is 20.4 Å². The van der Waals surface area contributed by atoms with Gasteiger partial charge < -0.3 is 9.79 Å². The van der Waals surface area contributed by atoms with E-state index in [-0.39, 0.29) is 16.1 Å². The minimum atomic E-state index is -0.384. The molecular weight excluding hydrogens is 452 g/mol. The molecule has 0 aromatic heterocycles. The van der Waals surface area contributed by atoms with Gasteiger partial charge in [0, 0.05) is 17.1 Å². The van der Waals surface area contributed by atoms with Crippen molar-refractivity contribution in [2.75, 3.05) is 4.90 Å². The molecule has 3 aromatic rings. The van der Waals surface area contributed by atoms with Crippen LogP contribution in [0.25, 0.3) is 6.08 Å². The van der Waals surface area contributed by atoms with Gasteiger partial charge in [-0.1, -0.05) is 84.7 Å². The van der Waals surface area contributed by atoms with Crippen molar-refractivity contribution in [1.82, 2.24) is 4.90 Å². The lowest BCUT2D eigenvalue weighted by molar-refractivity contribution is -0.217. The highest BCUT2D eigenvalue weighted by molar-refractivity contribution is 8.26. The van der Waals surface area contributed by atoms with Crippen LogP contribution in [0.4, 0.5) is 17.1 Å². The minimum Gasteiger partial charge on any atom is -0.322 e. The fourth-order valence-corrected chi connectivity index (χ4v) is 4.56. The van der Waals surface area contributed by atoms with Crippen molar-refractivity contribution in [3.8, 4) is 0 Å². The molecule has 7 heteroatoms. The first kappa shape index (κ1) is 22.5. The molecule has 3 aromatic carbocycles. The van der Waals surface area contributed by atoms with Gasteiger partial charge in [-0.3, -0.25) is 4.79 Å². The highest BCUT2D eigenvalue weighted by atomic mass is 32.2. The number of allylic oxidation sites excluding steroid dienone is 2. The molecule has 0 saturated carbocycles. The van der Waals surface area contributed by atoms with Crippen molar-refractivity contribution >= 4 is 57.3 Å². The fraction of sp³-hybridized carbons (Fsp3) is 0. The van der Waals surface area contributed by atoms with E-state index in [9.17, 15) is 4.79 Å². The van der Waals surface area contributed by atoms with Crippen molar-refractivity contribution in [2.24, 2.45) is 0 Å². The van der Waals surface area contributed by atoms with Gasteiger partial charge in [-0.2, -0.15) is 0 Å². The molecule has 1 aliphatic rings. The maximum Gasteiger partial charge on any atom is 0.273 e. The lowest BCUT2D eigenvalue weighted by atomic mass is 10.1. The average Bonchev–Trinajstić information content (AvgIpc) is 3.14. The highest BCUT2D eigenvalue weighted by Crippen LogP contribution is 2.35.